The van der Waals surface area contributed by atoms with Crippen molar-refractivity contribution in [3.63, 3.8) is 0 Å². The van der Waals surface area contributed by atoms with E-state index in [1.165, 1.54) is 0 Å². The van der Waals surface area contributed by atoms with E-state index < -0.39 is 4.32 Å². The molecule has 2 N–H and O–H groups in total. The number of carbonyl (C=O) groups excluding carboxylic acids is 2. The smallest absolute Gasteiger partial charge is 0.240 e. The largest absolute Gasteiger partial charge is 0.326 e. The summed E-state index contributed by atoms with van der Waals surface area (Å²) in [5, 5.41) is 5.58. The first-order chi connectivity index (χ1) is 8.70. The number of amides is 2. The molecule has 0 heterocycles. The van der Waals surface area contributed by atoms with Crippen LogP contribution >= 0.6 is 15.9 Å². The Morgan fingerprint density at radius 2 is 1.68 bits per heavy atom. The third-order valence-electron chi connectivity index (χ3n) is 2.45. The molecule has 0 saturated heterocycles. The van der Waals surface area contributed by atoms with Crippen molar-refractivity contribution in [3.05, 3.63) is 24.3 Å². The number of halogens is 1. The molecule has 0 spiro atoms. The van der Waals surface area contributed by atoms with E-state index in [9.17, 15) is 9.59 Å². The first kappa shape index (κ1) is 15.7. The van der Waals surface area contributed by atoms with Crippen LogP contribution in [0.2, 0.25) is 0 Å². The standard InChI is InChI=1S/C14H19BrN2O2/c1-9(2)12(18)16-10-6-5-7-11(8-10)17-13(19)14(3,4)15/h5-9H,1-4H3,(H,16,18)(H,17,19). The van der Waals surface area contributed by atoms with Crippen molar-refractivity contribution in [3.8, 4) is 0 Å². The molecule has 1 aromatic rings. The van der Waals surface area contributed by atoms with Gasteiger partial charge in [0.25, 0.3) is 0 Å². The molecule has 0 bridgehead atoms. The fourth-order valence-corrected chi connectivity index (χ4v) is 1.34. The Kier molecular flexibility index (Phi) is 5.11. The monoisotopic (exact) mass is 326 g/mol. The Hall–Kier alpha value is -1.36. The van der Waals surface area contributed by atoms with E-state index in [4.69, 9.17) is 0 Å². The number of rotatable bonds is 4. The normalized spacial score (nSPS) is 11.3. The van der Waals surface area contributed by atoms with Gasteiger partial charge in [-0.3, -0.25) is 9.59 Å². The van der Waals surface area contributed by atoms with Crippen molar-refractivity contribution in [1.82, 2.24) is 0 Å². The van der Waals surface area contributed by atoms with Crippen LogP contribution in [0.15, 0.2) is 24.3 Å². The minimum absolute atomic E-state index is 0.0516. The number of nitrogens with one attached hydrogen (secondary N) is 2. The molecule has 0 fully saturated rings. The average molecular weight is 327 g/mol. The highest BCUT2D eigenvalue weighted by atomic mass is 79.9. The third-order valence-corrected chi connectivity index (χ3v) is 2.81. The van der Waals surface area contributed by atoms with Crippen LogP contribution in [0.5, 0.6) is 0 Å². The molecule has 0 unspecified atom stereocenters. The van der Waals surface area contributed by atoms with Gasteiger partial charge >= 0.3 is 0 Å². The lowest BCUT2D eigenvalue weighted by molar-refractivity contribution is -0.119. The van der Waals surface area contributed by atoms with Crippen molar-refractivity contribution in [2.75, 3.05) is 10.6 Å². The zero-order valence-electron chi connectivity index (χ0n) is 11.6. The fraction of sp³-hybridized carbons (Fsp3) is 0.429. The summed E-state index contributed by atoms with van der Waals surface area (Å²) in [6, 6.07) is 7.08. The Balaban J connectivity index is 2.78. The molecule has 0 aliphatic carbocycles. The predicted molar refractivity (Wildman–Crippen MR) is 81.5 cm³/mol. The summed E-state index contributed by atoms with van der Waals surface area (Å²) in [5.41, 5.74) is 1.32. The van der Waals surface area contributed by atoms with Crippen LogP contribution in [-0.4, -0.2) is 16.1 Å². The molecule has 0 aliphatic heterocycles. The second kappa shape index (κ2) is 6.19. The molecule has 104 valence electrons. The number of anilines is 2. The van der Waals surface area contributed by atoms with Gasteiger partial charge in [-0.05, 0) is 32.0 Å². The quantitative estimate of drug-likeness (QED) is 0.833. The molecule has 0 saturated carbocycles. The van der Waals surface area contributed by atoms with Crippen molar-refractivity contribution in [2.24, 2.45) is 5.92 Å². The first-order valence-corrected chi connectivity index (χ1v) is 6.90. The number of hydrogen-bond acceptors (Lipinski definition) is 2. The van der Waals surface area contributed by atoms with E-state index in [0.29, 0.717) is 11.4 Å². The summed E-state index contributed by atoms with van der Waals surface area (Å²) < 4.78 is -0.635. The Bertz CT molecular complexity index is 479. The lowest BCUT2D eigenvalue weighted by Crippen LogP contribution is -2.31. The molecule has 19 heavy (non-hydrogen) atoms. The molecule has 0 aliphatic rings. The molecule has 1 aromatic carbocycles. The molecule has 1 rings (SSSR count). The van der Waals surface area contributed by atoms with Gasteiger partial charge in [-0.25, -0.2) is 0 Å². The van der Waals surface area contributed by atoms with Crippen molar-refractivity contribution in [1.29, 1.82) is 0 Å². The molecule has 0 aromatic heterocycles. The van der Waals surface area contributed by atoms with Crippen LogP contribution in [0.25, 0.3) is 0 Å². The maximum Gasteiger partial charge on any atom is 0.240 e. The zero-order chi connectivity index (χ0) is 14.6. The highest BCUT2D eigenvalue weighted by Gasteiger charge is 2.23. The van der Waals surface area contributed by atoms with Gasteiger partial charge < -0.3 is 10.6 Å². The van der Waals surface area contributed by atoms with Crippen molar-refractivity contribution >= 4 is 39.1 Å². The van der Waals surface area contributed by atoms with E-state index in [1.54, 1.807) is 38.1 Å². The summed E-state index contributed by atoms with van der Waals surface area (Å²) in [4.78, 5) is 23.4. The van der Waals surface area contributed by atoms with E-state index in [2.05, 4.69) is 26.6 Å². The lowest BCUT2D eigenvalue weighted by atomic mass is 10.2. The van der Waals surface area contributed by atoms with Gasteiger partial charge in [-0.1, -0.05) is 35.8 Å². The molecule has 5 heteroatoms. The van der Waals surface area contributed by atoms with E-state index in [1.807, 2.05) is 13.8 Å². The second-order valence-electron chi connectivity index (χ2n) is 5.15. The minimum Gasteiger partial charge on any atom is -0.326 e. The number of alkyl halides is 1. The number of benzene rings is 1. The van der Waals surface area contributed by atoms with Crippen LogP contribution < -0.4 is 10.6 Å². The second-order valence-corrected chi connectivity index (χ2v) is 7.13. The highest BCUT2D eigenvalue weighted by Crippen LogP contribution is 2.21. The molecule has 2 amide bonds. The van der Waals surface area contributed by atoms with Crippen LogP contribution in [-0.2, 0) is 9.59 Å². The summed E-state index contributed by atoms with van der Waals surface area (Å²) in [6.45, 7) is 7.20. The number of hydrogen-bond donors (Lipinski definition) is 2. The van der Waals surface area contributed by atoms with Gasteiger partial charge in [-0.15, -0.1) is 0 Å². The van der Waals surface area contributed by atoms with E-state index >= 15 is 0 Å². The number of carbonyl (C=O) groups is 2. The van der Waals surface area contributed by atoms with Gasteiger partial charge in [0.1, 0.15) is 0 Å². The van der Waals surface area contributed by atoms with Crippen LogP contribution in [0.3, 0.4) is 0 Å². The maximum atomic E-state index is 11.8. The average Bonchev–Trinajstić information content (AvgIpc) is 2.27. The van der Waals surface area contributed by atoms with E-state index in [-0.39, 0.29) is 17.7 Å². The maximum absolute atomic E-state index is 11.8. The SMILES string of the molecule is CC(C)C(=O)Nc1cccc(NC(=O)C(C)(C)Br)c1. The van der Waals surface area contributed by atoms with Gasteiger partial charge in [0.15, 0.2) is 0 Å². The Morgan fingerprint density at radius 3 is 2.16 bits per heavy atom. The molecular weight excluding hydrogens is 308 g/mol. The van der Waals surface area contributed by atoms with Crippen LogP contribution in [0.1, 0.15) is 27.7 Å². The summed E-state index contributed by atoms with van der Waals surface area (Å²) in [6.07, 6.45) is 0. The van der Waals surface area contributed by atoms with E-state index in [0.717, 1.165) is 0 Å². The molecule has 4 nitrogen and oxygen atoms in total. The molecule has 0 radical (unpaired) electrons. The fourth-order valence-electron chi connectivity index (χ4n) is 1.24. The third kappa shape index (κ3) is 5.03. The molecule has 0 atom stereocenters. The minimum atomic E-state index is -0.635. The first-order valence-electron chi connectivity index (χ1n) is 6.11. The van der Waals surface area contributed by atoms with Crippen molar-refractivity contribution in [2.45, 2.75) is 32.0 Å². The summed E-state index contributed by atoms with van der Waals surface area (Å²) >= 11 is 3.30. The van der Waals surface area contributed by atoms with Gasteiger partial charge in [0.2, 0.25) is 11.8 Å². The van der Waals surface area contributed by atoms with Gasteiger partial charge in [0, 0.05) is 17.3 Å². The van der Waals surface area contributed by atoms with Gasteiger partial charge in [-0.2, -0.15) is 0 Å². The Morgan fingerprint density at radius 1 is 1.16 bits per heavy atom. The Labute approximate surface area is 122 Å². The van der Waals surface area contributed by atoms with Crippen LogP contribution in [0, 0.1) is 5.92 Å². The van der Waals surface area contributed by atoms with Gasteiger partial charge in [0.05, 0.1) is 4.32 Å². The highest BCUT2D eigenvalue weighted by molar-refractivity contribution is 9.10. The summed E-state index contributed by atoms with van der Waals surface area (Å²) in [7, 11) is 0. The zero-order valence-corrected chi connectivity index (χ0v) is 13.2. The predicted octanol–water partition coefficient (Wildman–Crippen LogP) is 3.39. The topological polar surface area (TPSA) is 58.2 Å². The molecular formula is C14H19BrN2O2. The van der Waals surface area contributed by atoms with Crippen LogP contribution in [0.4, 0.5) is 11.4 Å². The summed E-state index contributed by atoms with van der Waals surface area (Å²) in [5.74, 6) is -0.274. The lowest BCUT2D eigenvalue weighted by Gasteiger charge is -2.16. The van der Waals surface area contributed by atoms with Crippen molar-refractivity contribution < 1.29 is 9.59 Å².